The van der Waals surface area contributed by atoms with Crippen LogP contribution in [-0.4, -0.2) is 0 Å². The molecule has 0 heterocycles. The molecule has 2 nitrogen and oxygen atoms in total. The van der Waals surface area contributed by atoms with Crippen molar-refractivity contribution in [2.24, 2.45) is 0 Å². The van der Waals surface area contributed by atoms with E-state index in [1.165, 1.54) is 6.07 Å². The van der Waals surface area contributed by atoms with E-state index in [0.29, 0.717) is 11.3 Å². The summed E-state index contributed by atoms with van der Waals surface area (Å²) in [7, 11) is 0. The molecule has 2 aromatic carbocycles. The maximum absolute atomic E-state index is 13.7. The smallest absolute Gasteiger partial charge is 0.165 e. The van der Waals surface area contributed by atoms with Crippen LogP contribution in [-0.2, 0) is 0 Å². The van der Waals surface area contributed by atoms with Gasteiger partial charge in [-0.2, -0.15) is 5.26 Å². The highest BCUT2D eigenvalue weighted by molar-refractivity contribution is 9.10. The molecule has 90 valence electrons. The predicted molar refractivity (Wildman–Crippen MR) is 73.5 cm³/mol. The summed E-state index contributed by atoms with van der Waals surface area (Å²) >= 11 is 9.00. The molecule has 1 N–H and O–H groups in total. The summed E-state index contributed by atoms with van der Waals surface area (Å²) in [6.45, 7) is 0. The summed E-state index contributed by atoms with van der Waals surface area (Å²) in [5.41, 5.74) is 1.18. The van der Waals surface area contributed by atoms with E-state index in [0.717, 1.165) is 4.47 Å². The average molecular weight is 326 g/mol. The number of nitriles is 1. The third-order valence-corrected chi connectivity index (χ3v) is 3.11. The quantitative estimate of drug-likeness (QED) is 0.856. The van der Waals surface area contributed by atoms with Gasteiger partial charge in [-0.3, -0.25) is 0 Å². The molecule has 0 amide bonds. The summed E-state index contributed by atoms with van der Waals surface area (Å²) in [4.78, 5) is 0. The third-order valence-electron chi connectivity index (χ3n) is 2.32. The largest absolute Gasteiger partial charge is 0.352 e. The maximum Gasteiger partial charge on any atom is 0.165 e. The van der Waals surface area contributed by atoms with Crippen molar-refractivity contribution in [3.05, 3.63) is 57.3 Å². The number of halogens is 3. The van der Waals surface area contributed by atoms with Crippen LogP contribution in [0.3, 0.4) is 0 Å². The zero-order chi connectivity index (χ0) is 13.1. The van der Waals surface area contributed by atoms with Gasteiger partial charge in [-0.1, -0.05) is 33.6 Å². The number of rotatable bonds is 2. The first-order valence-electron chi connectivity index (χ1n) is 5.02. The lowest BCUT2D eigenvalue weighted by Crippen LogP contribution is -1.96. The highest BCUT2D eigenvalue weighted by Crippen LogP contribution is 2.28. The molecular formula is C13H7BrClFN2. The molecule has 0 aromatic heterocycles. The van der Waals surface area contributed by atoms with E-state index in [9.17, 15) is 4.39 Å². The van der Waals surface area contributed by atoms with Crippen LogP contribution in [0.15, 0.2) is 40.9 Å². The molecular weight excluding hydrogens is 319 g/mol. The second kappa shape index (κ2) is 5.38. The van der Waals surface area contributed by atoms with Crippen molar-refractivity contribution >= 4 is 38.9 Å². The van der Waals surface area contributed by atoms with Crippen molar-refractivity contribution in [3.63, 3.8) is 0 Å². The van der Waals surface area contributed by atoms with Crippen molar-refractivity contribution in [1.29, 1.82) is 5.26 Å². The molecule has 0 atom stereocenters. The van der Waals surface area contributed by atoms with Crippen LogP contribution in [0, 0.1) is 17.1 Å². The minimum absolute atomic E-state index is 0.0357. The molecule has 5 heteroatoms. The zero-order valence-electron chi connectivity index (χ0n) is 9.05. The molecule has 0 aliphatic heterocycles. The molecule has 0 unspecified atom stereocenters. The molecule has 0 aliphatic rings. The molecule has 18 heavy (non-hydrogen) atoms. The Labute approximate surface area is 117 Å². The first-order chi connectivity index (χ1) is 8.61. The molecule has 0 fully saturated rings. The summed E-state index contributed by atoms with van der Waals surface area (Å²) < 4.78 is 14.5. The van der Waals surface area contributed by atoms with E-state index < -0.39 is 5.82 Å². The van der Waals surface area contributed by atoms with Gasteiger partial charge >= 0.3 is 0 Å². The summed E-state index contributed by atoms with van der Waals surface area (Å²) in [5.74, 6) is -0.539. The van der Waals surface area contributed by atoms with Crippen molar-refractivity contribution in [2.45, 2.75) is 0 Å². The Hall–Kier alpha value is -1.57. The monoisotopic (exact) mass is 324 g/mol. The van der Waals surface area contributed by atoms with E-state index in [4.69, 9.17) is 16.9 Å². The van der Waals surface area contributed by atoms with Crippen LogP contribution >= 0.6 is 27.5 Å². The van der Waals surface area contributed by atoms with E-state index in [2.05, 4.69) is 21.2 Å². The SMILES string of the molecule is N#Cc1ccc(Br)cc1Nc1cccc(Cl)c1F. The second-order valence-electron chi connectivity index (χ2n) is 3.53. The second-order valence-corrected chi connectivity index (χ2v) is 4.85. The molecule has 0 spiro atoms. The van der Waals surface area contributed by atoms with Crippen molar-refractivity contribution in [3.8, 4) is 6.07 Å². The average Bonchev–Trinajstić information content (AvgIpc) is 2.35. The van der Waals surface area contributed by atoms with Crippen LogP contribution in [0.5, 0.6) is 0 Å². The van der Waals surface area contributed by atoms with Gasteiger partial charge in [0.2, 0.25) is 0 Å². The fourth-order valence-corrected chi connectivity index (χ4v) is 2.00. The number of nitrogens with one attached hydrogen (secondary N) is 1. The van der Waals surface area contributed by atoms with Crippen molar-refractivity contribution in [1.82, 2.24) is 0 Å². The molecule has 0 aliphatic carbocycles. The van der Waals surface area contributed by atoms with Gasteiger partial charge < -0.3 is 5.32 Å². The molecule has 0 saturated carbocycles. The van der Waals surface area contributed by atoms with Gasteiger partial charge in [-0.05, 0) is 30.3 Å². The fourth-order valence-electron chi connectivity index (χ4n) is 1.46. The predicted octanol–water partition coefficient (Wildman–Crippen LogP) is 4.86. The van der Waals surface area contributed by atoms with Gasteiger partial charge in [-0.25, -0.2) is 4.39 Å². The van der Waals surface area contributed by atoms with Gasteiger partial charge in [0.25, 0.3) is 0 Å². The first kappa shape index (κ1) is 12.9. The molecule has 0 bridgehead atoms. The Morgan fingerprint density at radius 3 is 2.72 bits per heavy atom. The third kappa shape index (κ3) is 2.63. The number of anilines is 2. The highest BCUT2D eigenvalue weighted by Gasteiger charge is 2.09. The van der Waals surface area contributed by atoms with Crippen LogP contribution in [0.4, 0.5) is 15.8 Å². The van der Waals surface area contributed by atoms with Crippen molar-refractivity contribution < 1.29 is 4.39 Å². The molecule has 0 saturated heterocycles. The van der Waals surface area contributed by atoms with Gasteiger partial charge in [-0.15, -0.1) is 0 Å². The molecule has 2 aromatic rings. The minimum atomic E-state index is -0.539. The van der Waals surface area contributed by atoms with Gasteiger partial charge in [0, 0.05) is 4.47 Å². The Bertz CT molecular complexity index is 637. The standard InChI is InChI=1S/C13H7BrClFN2/c14-9-5-4-8(7-17)12(6-9)18-11-3-1-2-10(15)13(11)16/h1-6,18H. The van der Waals surface area contributed by atoms with E-state index >= 15 is 0 Å². The normalized spacial score (nSPS) is 9.89. The Kier molecular flexibility index (Phi) is 3.85. The number of hydrogen-bond acceptors (Lipinski definition) is 2. The Balaban J connectivity index is 2.43. The number of benzene rings is 2. The maximum atomic E-state index is 13.7. The minimum Gasteiger partial charge on any atom is -0.352 e. The van der Waals surface area contributed by atoms with Crippen LogP contribution in [0.1, 0.15) is 5.56 Å². The van der Waals surface area contributed by atoms with E-state index in [1.54, 1.807) is 30.3 Å². The lowest BCUT2D eigenvalue weighted by Gasteiger charge is -2.10. The fraction of sp³-hybridized carbons (Fsp3) is 0. The van der Waals surface area contributed by atoms with Gasteiger partial charge in [0.05, 0.1) is 22.0 Å². The van der Waals surface area contributed by atoms with E-state index in [1.807, 2.05) is 6.07 Å². The van der Waals surface area contributed by atoms with Crippen LogP contribution in [0.25, 0.3) is 0 Å². The molecule has 2 rings (SSSR count). The van der Waals surface area contributed by atoms with Crippen molar-refractivity contribution in [2.75, 3.05) is 5.32 Å². The van der Waals surface area contributed by atoms with Gasteiger partial charge in [0.1, 0.15) is 6.07 Å². The first-order valence-corrected chi connectivity index (χ1v) is 6.19. The molecule has 0 radical (unpaired) electrons. The van der Waals surface area contributed by atoms with Crippen LogP contribution < -0.4 is 5.32 Å². The van der Waals surface area contributed by atoms with E-state index in [-0.39, 0.29) is 10.7 Å². The summed E-state index contributed by atoms with van der Waals surface area (Å²) in [6.07, 6.45) is 0. The number of hydrogen-bond donors (Lipinski definition) is 1. The number of nitrogens with zero attached hydrogens (tertiary/aromatic N) is 1. The topological polar surface area (TPSA) is 35.8 Å². The van der Waals surface area contributed by atoms with Crippen LogP contribution in [0.2, 0.25) is 5.02 Å². The van der Waals surface area contributed by atoms with Gasteiger partial charge in [0.15, 0.2) is 5.82 Å². The zero-order valence-corrected chi connectivity index (χ0v) is 11.4. The Morgan fingerprint density at radius 2 is 2.00 bits per heavy atom. The highest BCUT2D eigenvalue weighted by atomic mass is 79.9. The summed E-state index contributed by atoms with van der Waals surface area (Å²) in [6, 6.07) is 11.8. The lowest BCUT2D eigenvalue weighted by molar-refractivity contribution is 0.632. The Morgan fingerprint density at radius 1 is 1.22 bits per heavy atom. The summed E-state index contributed by atoms with van der Waals surface area (Å²) in [5, 5.41) is 11.9. The lowest BCUT2D eigenvalue weighted by atomic mass is 10.2.